The molecular weight excluding hydrogens is 356 g/mol. The number of fused-ring (bicyclic) bond motifs is 1. The Bertz CT molecular complexity index is 989. The van der Waals surface area contributed by atoms with Crippen LogP contribution in [-0.4, -0.2) is 38.9 Å². The third-order valence-electron chi connectivity index (χ3n) is 4.42. The van der Waals surface area contributed by atoms with Crippen molar-refractivity contribution in [2.75, 3.05) is 11.9 Å². The van der Waals surface area contributed by atoms with Crippen molar-refractivity contribution in [2.45, 2.75) is 19.5 Å². The summed E-state index contributed by atoms with van der Waals surface area (Å²) in [6.07, 6.45) is 5.73. The number of hydrogen-bond donors (Lipinski definition) is 2. The number of aryl methyl sites for hydroxylation is 1. The summed E-state index contributed by atoms with van der Waals surface area (Å²) in [5, 5.41) is 11.5. The Hall–Kier alpha value is -3.68. The molecule has 0 atom stereocenters. The molecule has 0 saturated carbocycles. The van der Waals surface area contributed by atoms with Crippen LogP contribution in [0.1, 0.15) is 22.3 Å². The van der Waals surface area contributed by atoms with E-state index in [9.17, 15) is 9.59 Å². The molecule has 0 saturated heterocycles. The van der Waals surface area contributed by atoms with Crippen LogP contribution in [0.3, 0.4) is 0 Å². The minimum atomic E-state index is -0.387. The summed E-state index contributed by atoms with van der Waals surface area (Å²) in [6.45, 7) is 1.37. The number of nitrogens with zero attached hydrogens (tertiary/aromatic N) is 4. The minimum absolute atomic E-state index is 0.146. The summed E-state index contributed by atoms with van der Waals surface area (Å²) in [7, 11) is 1.66. The van der Waals surface area contributed by atoms with E-state index in [4.69, 9.17) is 11.1 Å². The molecule has 3 aromatic rings. The van der Waals surface area contributed by atoms with Crippen molar-refractivity contribution in [3.8, 4) is 0 Å². The number of amides is 2. The molecule has 0 radical (unpaired) electrons. The summed E-state index contributed by atoms with van der Waals surface area (Å²) in [6, 6.07) is 13.6. The second-order valence-corrected chi connectivity index (χ2v) is 6.43. The van der Waals surface area contributed by atoms with Crippen LogP contribution in [0.25, 0.3) is 0 Å². The molecule has 144 valence electrons. The molecule has 1 aliphatic rings. The number of nitrogens with two attached hydrogens (primary N) is 1. The Morgan fingerprint density at radius 2 is 1.96 bits per heavy atom. The molecule has 0 fully saturated rings. The molecule has 3 N–H and O–H groups in total. The van der Waals surface area contributed by atoms with Crippen LogP contribution < -0.4 is 10.6 Å². The number of primary amides is 1. The zero-order chi connectivity index (χ0) is 20.1. The monoisotopic (exact) mass is 378 g/mol. The van der Waals surface area contributed by atoms with Gasteiger partial charge < -0.3 is 10.3 Å². The third kappa shape index (κ3) is 4.35. The molecule has 1 aliphatic heterocycles. The topological polar surface area (TPSA) is 110 Å². The van der Waals surface area contributed by atoms with Gasteiger partial charge in [-0.05, 0) is 11.6 Å². The first-order valence-electron chi connectivity index (χ1n) is 8.82. The van der Waals surface area contributed by atoms with Crippen LogP contribution in [0.2, 0.25) is 0 Å². The second kappa shape index (κ2) is 8.34. The fraction of sp³-hybridized carbons (Fsp3) is 0.200. The van der Waals surface area contributed by atoms with Gasteiger partial charge in [0.2, 0.25) is 5.91 Å². The van der Waals surface area contributed by atoms with Crippen LogP contribution in [0.5, 0.6) is 0 Å². The van der Waals surface area contributed by atoms with Gasteiger partial charge in [-0.1, -0.05) is 30.3 Å². The van der Waals surface area contributed by atoms with Crippen molar-refractivity contribution in [3.05, 3.63) is 72.2 Å². The minimum Gasteiger partial charge on any atom is -0.366 e. The van der Waals surface area contributed by atoms with Crippen molar-refractivity contribution in [1.82, 2.24) is 14.3 Å². The summed E-state index contributed by atoms with van der Waals surface area (Å²) < 4.78 is 3.68. The molecule has 0 spiro atoms. The molecule has 2 amide bonds. The maximum absolute atomic E-state index is 11.5. The molecule has 0 unspecified atom stereocenters. The van der Waals surface area contributed by atoms with Gasteiger partial charge in [-0.2, -0.15) is 5.10 Å². The van der Waals surface area contributed by atoms with Crippen molar-refractivity contribution in [3.63, 3.8) is 0 Å². The number of carbonyl (C=O) groups excluding carboxylic acids is 2. The Balaban J connectivity index is 0.000000162. The van der Waals surface area contributed by atoms with Gasteiger partial charge in [-0.25, -0.2) is 4.68 Å². The summed E-state index contributed by atoms with van der Waals surface area (Å²) in [5.41, 5.74) is 7.06. The van der Waals surface area contributed by atoms with E-state index in [1.807, 2.05) is 41.1 Å². The largest absolute Gasteiger partial charge is 0.366 e. The molecule has 8 nitrogen and oxygen atoms in total. The molecule has 2 aromatic heterocycles. The van der Waals surface area contributed by atoms with Crippen LogP contribution in [0.4, 0.5) is 5.82 Å². The summed E-state index contributed by atoms with van der Waals surface area (Å²) in [5.74, 6) is 0.133. The van der Waals surface area contributed by atoms with E-state index in [0.29, 0.717) is 18.5 Å². The van der Waals surface area contributed by atoms with Crippen LogP contribution in [-0.2, 0) is 17.9 Å². The average molecular weight is 378 g/mol. The van der Waals surface area contributed by atoms with E-state index in [-0.39, 0.29) is 17.5 Å². The van der Waals surface area contributed by atoms with Gasteiger partial charge in [0.25, 0.3) is 5.91 Å². The number of aromatic nitrogens is 3. The van der Waals surface area contributed by atoms with Gasteiger partial charge in [-0.3, -0.25) is 19.9 Å². The third-order valence-corrected chi connectivity index (χ3v) is 4.42. The predicted octanol–water partition coefficient (Wildman–Crippen LogP) is 1.90. The van der Waals surface area contributed by atoms with Gasteiger partial charge in [0, 0.05) is 45.0 Å². The highest BCUT2D eigenvalue weighted by atomic mass is 16.2. The number of hydrogen-bond acceptors (Lipinski definition) is 4. The Morgan fingerprint density at radius 1 is 1.21 bits per heavy atom. The highest BCUT2D eigenvalue weighted by Gasteiger charge is 2.22. The molecule has 28 heavy (non-hydrogen) atoms. The highest BCUT2D eigenvalue weighted by Crippen LogP contribution is 2.16. The fourth-order valence-corrected chi connectivity index (χ4v) is 2.89. The van der Waals surface area contributed by atoms with Crippen LogP contribution in [0.15, 0.2) is 61.1 Å². The predicted molar refractivity (Wildman–Crippen MR) is 106 cm³/mol. The van der Waals surface area contributed by atoms with E-state index < -0.39 is 0 Å². The van der Waals surface area contributed by atoms with Gasteiger partial charge in [0.05, 0.1) is 17.5 Å². The van der Waals surface area contributed by atoms with E-state index in [1.165, 1.54) is 10.5 Å². The average Bonchev–Trinajstić information content (AvgIpc) is 3.34. The number of nitrogens with one attached hydrogen (secondary N) is 1. The normalized spacial score (nSPS) is 13.4. The maximum Gasteiger partial charge on any atom is 0.272 e. The fourth-order valence-electron chi connectivity index (χ4n) is 2.89. The van der Waals surface area contributed by atoms with E-state index in [1.54, 1.807) is 36.3 Å². The van der Waals surface area contributed by atoms with Gasteiger partial charge in [-0.15, -0.1) is 0 Å². The number of benzene rings is 1. The molecule has 0 aliphatic carbocycles. The van der Waals surface area contributed by atoms with Crippen molar-refractivity contribution in [1.29, 1.82) is 5.41 Å². The molecule has 8 heteroatoms. The zero-order valence-corrected chi connectivity index (χ0v) is 15.6. The molecule has 0 bridgehead atoms. The molecule has 4 rings (SSSR count). The summed E-state index contributed by atoms with van der Waals surface area (Å²) >= 11 is 0. The molecule has 3 heterocycles. The zero-order valence-electron chi connectivity index (χ0n) is 15.6. The number of carbonyl (C=O) groups is 2. The molecular formula is C20H22N6O2. The highest BCUT2D eigenvalue weighted by molar-refractivity contribution is 6.42. The SMILES string of the molecule is CN1C(=O)C(=N)CCn2nccc21.NC(=O)c1ccn(Cc2ccccc2)c1. The second-order valence-electron chi connectivity index (χ2n) is 6.43. The molecule has 1 aromatic carbocycles. The van der Waals surface area contributed by atoms with Gasteiger partial charge in [0.1, 0.15) is 5.82 Å². The lowest BCUT2D eigenvalue weighted by molar-refractivity contribution is -0.112. The van der Waals surface area contributed by atoms with Crippen LogP contribution >= 0.6 is 0 Å². The quantitative estimate of drug-likeness (QED) is 0.726. The Kier molecular flexibility index (Phi) is 5.69. The Labute approximate surface area is 162 Å². The smallest absolute Gasteiger partial charge is 0.272 e. The summed E-state index contributed by atoms with van der Waals surface area (Å²) in [4.78, 5) is 23.8. The maximum atomic E-state index is 11.5. The number of rotatable bonds is 3. The van der Waals surface area contributed by atoms with Crippen molar-refractivity contribution >= 4 is 23.3 Å². The van der Waals surface area contributed by atoms with E-state index >= 15 is 0 Å². The van der Waals surface area contributed by atoms with Crippen molar-refractivity contribution in [2.24, 2.45) is 5.73 Å². The first-order chi connectivity index (χ1) is 13.5. The van der Waals surface area contributed by atoms with Gasteiger partial charge >= 0.3 is 0 Å². The first-order valence-corrected chi connectivity index (χ1v) is 8.82. The first kappa shape index (κ1) is 19.1. The Morgan fingerprint density at radius 3 is 2.64 bits per heavy atom. The van der Waals surface area contributed by atoms with Crippen molar-refractivity contribution < 1.29 is 9.59 Å². The lowest BCUT2D eigenvalue weighted by Gasteiger charge is -2.13. The lowest BCUT2D eigenvalue weighted by atomic mass is 10.2. The lowest BCUT2D eigenvalue weighted by Crippen LogP contribution is -2.31. The standard InChI is InChI=1S/C12H12N2O.C8H10N4O/c13-12(15)11-6-7-14(9-11)8-10-4-2-1-3-5-10;1-11-7-2-4-10-12(7)5-3-6(9)8(11)13/h1-7,9H,8H2,(H2,13,15);2,4,9H,3,5H2,1H3. The van der Waals surface area contributed by atoms with Gasteiger partial charge in [0.15, 0.2) is 0 Å². The van der Waals surface area contributed by atoms with E-state index in [0.717, 1.165) is 12.4 Å². The number of anilines is 1. The van der Waals surface area contributed by atoms with Crippen LogP contribution in [0, 0.1) is 5.41 Å². The van der Waals surface area contributed by atoms with E-state index in [2.05, 4.69) is 5.10 Å².